The van der Waals surface area contributed by atoms with Crippen molar-refractivity contribution in [2.45, 2.75) is 40.4 Å². The first-order valence-electron chi connectivity index (χ1n) is 9.87. The van der Waals surface area contributed by atoms with Crippen LogP contribution >= 0.6 is 0 Å². The predicted octanol–water partition coefficient (Wildman–Crippen LogP) is 3.95. The number of benzene rings is 2. The van der Waals surface area contributed by atoms with Gasteiger partial charge in [0.05, 0.1) is 18.8 Å². The fraction of sp³-hybridized carbons (Fsp3) is 0.304. The maximum absolute atomic E-state index is 12.2. The summed E-state index contributed by atoms with van der Waals surface area (Å²) in [7, 11) is 0. The van der Waals surface area contributed by atoms with Crippen LogP contribution in [0.2, 0.25) is 0 Å². The van der Waals surface area contributed by atoms with E-state index >= 15 is 0 Å². The number of urea groups is 1. The summed E-state index contributed by atoms with van der Waals surface area (Å²) < 4.78 is 7.48. The van der Waals surface area contributed by atoms with Crippen LogP contribution in [-0.2, 0) is 19.6 Å². The lowest BCUT2D eigenvalue weighted by Gasteiger charge is -2.10. The molecule has 0 aliphatic carbocycles. The van der Waals surface area contributed by atoms with E-state index < -0.39 is 0 Å². The van der Waals surface area contributed by atoms with Crippen molar-refractivity contribution < 1.29 is 9.53 Å². The molecule has 6 nitrogen and oxygen atoms in total. The summed E-state index contributed by atoms with van der Waals surface area (Å²) >= 11 is 0. The molecule has 0 spiro atoms. The van der Waals surface area contributed by atoms with Crippen molar-refractivity contribution >= 4 is 6.03 Å². The molecule has 0 radical (unpaired) electrons. The second-order valence-corrected chi connectivity index (χ2v) is 6.91. The Hall–Kier alpha value is -3.28. The fourth-order valence-corrected chi connectivity index (χ4v) is 3.23. The van der Waals surface area contributed by atoms with Gasteiger partial charge in [-0.15, -0.1) is 0 Å². The maximum atomic E-state index is 12.2. The summed E-state index contributed by atoms with van der Waals surface area (Å²) in [6.07, 6.45) is 0. The summed E-state index contributed by atoms with van der Waals surface area (Å²) in [6.45, 7) is 8.18. The molecule has 1 heterocycles. The summed E-state index contributed by atoms with van der Waals surface area (Å²) in [6, 6.07) is 17.8. The van der Waals surface area contributed by atoms with Gasteiger partial charge in [0.1, 0.15) is 5.75 Å². The number of carbonyl (C=O) groups is 1. The van der Waals surface area contributed by atoms with Crippen LogP contribution in [0.1, 0.15) is 35.0 Å². The van der Waals surface area contributed by atoms with Crippen LogP contribution in [0.5, 0.6) is 5.75 Å². The number of aromatic nitrogens is 2. The number of ether oxygens (including phenoxy) is 1. The Morgan fingerprint density at radius 1 is 1.00 bits per heavy atom. The molecule has 0 saturated heterocycles. The first kappa shape index (κ1) is 20.5. The number of hydrogen-bond acceptors (Lipinski definition) is 3. The first-order valence-corrected chi connectivity index (χ1v) is 9.87. The molecule has 6 heteroatoms. The molecule has 152 valence electrons. The summed E-state index contributed by atoms with van der Waals surface area (Å²) in [5, 5.41) is 10.5. The topological polar surface area (TPSA) is 68.2 Å². The molecule has 0 aliphatic heterocycles. The highest BCUT2D eigenvalue weighted by Crippen LogP contribution is 2.15. The van der Waals surface area contributed by atoms with Gasteiger partial charge >= 0.3 is 6.03 Å². The van der Waals surface area contributed by atoms with Crippen LogP contribution in [0.3, 0.4) is 0 Å². The summed E-state index contributed by atoms with van der Waals surface area (Å²) in [5.74, 6) is 0.810. The van der Waals surface area contributed by atoms with Gasteiger partial charge in [0.2, 0.25) is 0 Å². The van der Waals surface area contributed by atoms with Gasteiger partial charge in [-0.05, 0) is 44.0 Å². The molecule has 1 aromatic heterocycles. The molecule has 29 heavy (non-hydrogen) atoms. The lowest BCUT2D eigenvalue weighted by atomic mass is 10.2. The third kappa shape index (κ3) is 5.60. The molecule has 2 amide bonds. The van der Waals surface area contributed by atoms with Crippen molar-refractivity contribution in [3.63, 3.8) is 0 Å². The molecule has 0 atom stereocenters. The molecule has 0 aliphatic rings. The first-order chi connectivity index (χ1) is 14.1. The number of amides is 2. The molecule has 3 aromatic rings. The van der Waals surface area contributed by atoms with E-state index in [1.807, 2.05) is 67.9 Å². The van der Waals surface area contributed by atoms with Gasteiger partial charge in [0.15, 0.2) is 0 Å². The molecule has 0 bridgehead atoms. The summed E-state index contributed by atoms with van der Waals surface area (Å²) in [4.78, 5) is 12.2. The molecular formula is C23H28N4O2. The molecule has 2 N–H and O–H groups in total. The quantitative estimate of drug-likeness (QED) is 0.610. The van der Waals surface area contributed by atoms with Gasteiger partial charge in [0, 0.05) is 24.3 Å². The number of nitrogens with zero attached hydrogens (tertiary/aromatic N) is 2. The Morgan fingerprint density at radius 2 is 1.72 bits per heavy atom. The molecule has 0 unspecified atom stereocenters. The minimum Gasteiger partial charge on any atom is -0.494 e. The second kappa shape index (κ2) is 9.78. The minimum absolute atomic E-state index is 0.207. The number of nitrogens with one attached hydrogen (secondary N) is 2. The van der Waals surface area contributed by atoms with Crippen LogP contribution < -0.4 is 15.4 Å². The molecule has 0 saturated carbocycles. The SMILES string of the molecule is CCOc1cccc(CNC(=O)NCc2c(C)nn(Cc3ccccc3)c2C)c1. The Bertz CT molecular complexity index is 951. The van der Waals surface area contributed by atoms with E-state index in [0.717, 1.165) is 34.8 Å². The van der Waals surface area contributed by atoms with E-state index in [4.69, 9.17) is 4.74 Å². The Morgan fingerprint density at radius 3 is 2.48 bits per heavy atom. The zero-order chi connectivity index (χ0) is 20.6. The average Bonchev–Trinajstić information content (AvgIpc) is 2.99. The van der Waals surface area contributed by atoms with Crippen molar-refractivity contribution in [1.82, 2.24) is 20.4 Å². The van der Waals surface area contributed by atoms with Crippen LogP contribution in [0, 0.1) is 13.8 Å². The molecule has 3 rings (SSSR count). The Kier molecular flexibility index (Phi) is 6.89. The zero-order valence-corrected chi connectivity index (χ0v) is 17.2. The highest BCUT2D eigenvalue weighted by molar-refractivity contribution is 5.73. The van der Waals surface area contributed by atoms with Crippen LogP contribution in [0.4, 0.5) is 4.79 Å². The molecule has 0 fully saturated rings. The van der Waals surface area contributed by atoms with E-state index in [1.165, 1.54) is 5.56 Å². The standard InChI is InChI=1S/C23H28N4O2/c1-4-29-21-12-8-11-20(13-21)14-24-23(28)25-15-22-17(2)26-27(18(22)3)16-19-9-6-5-7-10-19/h5-13H,4,14-16H2,1-3H3,(H2,24,25,28). The lowest BCUT2D eigenvalue weighted by molar-refractivity contribution is 0.240. The second-order valence-electron chi connectivity index (χ2n) is 6.91. The van der Waals surface area contributed by atoms with E-state index in [1.54, 1.807) is 0 Å². The number of hydrogen-bond donors (Lipinski definition) is 2. The number of aryl methyl sites for hydroxylation is 1. The number of carbonyl (C=O) groups excluding carboxylic acids is 1. The lowest BCUT2D eigenvalue weighted by Crippen LogP contribution is -2.34. The molecular weight excluding hydrogens is 364 g/mol. The number of rotatable bonds is 8. The van der Waals surface area contributed by atoms with Gasteiger partial charge in [0.25, 0.3) is 0 Å². The maximum Gasteiger partial charge on any atom is 0.315 e. The Balaban J connectivity index is 1.54. The highest BCUT2D eigenvalue weighted by atomic mass is 16.5. The van der Waals surface area contributed by atoms with Crippen LogP contribution in [-0.4, -0.2) is 22.4 Å². The largest absolute Gasteiger partial charge is 0.494 e. The highest BCUT2D eigenvalue weighted by Gasteiger charge is 2.13. The van der Waals surface area contributed by atoms with Gasteiger partial charge in [-0.3, -0.25) is 4.68 Å². The van der Waals surface area contributed by atoms with E-state index in [9.17, 15) is 4.79 Å². The van der Waals surface area contributed by atoms with Crippen molar-refractivity contribution in [2.75, 3.05) is 6.61 Å². The van der Waals surface area contributed by atoms with Crippen molar-refractivity contribution in [3.8, 4) is 5.75 Å². The van der Waals surface area contributed by atoms with Crippen molar-refractivity contribution in [3.05, 3.63) is 82.7 Å². The van der Waals surface area contributed by atoms with Crippen LogP contribution in [0.25, 0.3) is 0 Å². The zero-order valence-electron chi connectivity index (χ0n) is 17.2. The van der Waals surface area contributed by atoms with Gasteiger partial charge < -0.3 is 15.4 Å². The predicted molar refractivity (Wildman–Crippen MR) is 114 cm³/mol. The third-order valence-corrected chi connectivity index (χ3v) is 4.79. The summed E-state index contributed by atoms with van der Waals surface area (Å²) in [5.41, 5.74) is 5.24. The minimum atomic E-state index is -0.207. The average molecular weight is 393 g/mol. The normalized spacial score (nSPS) is 10.6. The van der Waals surface area contributed by atoms with E-state index in [-0.39, 0.29) is 6.03 Å². The smallest absolute Gasteiger partial charge is 0.315 e. The van der Waals surface area contributed by atoms with Crippen molar-refractivity contribution in [1.29, 1.82) is 0 Å². The van der Waals surface area contributed by atoms with E-state index in [2.05, 4.69) is 27.9 Å². The Labute approximate surface area is 171 Å². The fourth-order valence-electron chi connectivity index (χ4n) is 3.23. The third-order valence-electron chi connectivity index (χ3n) is 4.79. The van der Waals surface area contributed by atoms with E-state index in [0.29, 0.717) is 19.7 Å². The molecule has 2 aromatic carbocycles. The van der Waals surface area contributed by atoms with Gasteiger partial charge in [-0.2, -0.15) is 5.10 Å². The monoisotopic (exact) mass is 392 g/mol. The van der Waals surface area contributed by atoms with Crippen molar-refractivity contribution in [2.24, 2.45) is 0 Å². The van der Waals surface area contributed by atoms with Gasteiger partial charge in [-0.1, -0.05) is 42.5 Å². The van der Waals surface area contributed by atoms with Gasteiger partial charge in [-0.25, -0.2) is 4.79 Å². The van der Waals surface area contributed by atoms with Crippen LogP contribution in [0.15, 0.2) is 54.6 Å².